The van der Waals surface area contributed by atoms with Gasteiger partial charge in [0.25, 0.3) is 0 Å². The molecule has 14 nitrogen and oxygen atoms in total. The van der Waals surface area contributed by atoms with Crippen LogP contribution in [0.1, 0.15) is 13.8 Å². The van der Waals surface area contributed by atoms with Crippen LogP contribution in [0.15, 0.2) is 0 Å². The van der Waals surface area contributed by atoms with E-state index in [1.807, 2.05) is 13.8 Å². The first kappa shape index (κ1) is 38.5. The fraction of sp³-hybridized carbons (Fsp3) is 0.667. The van der Waals surface area contributed by atoms with E-state index in [-0.39, 0.29) is 38.0 Å². The van der Waals surface area contributed by atoms with E-state index in [1.54, 1.807) is 37.4 Å². The zero-order chi connectivity index (χ0) is 28.1. The third-order valence-corrected chi connectivity index (χ3v) is 4.26. The predicted molar refractivity (Wildman–Crippen MR) is 128 cm³/mol. The standard InChI is InChI=1S/C7H12N2O4.C7H14N2O2.C7H13N2O2.Fm/c1-8(5-10)3-6(11)9(2)4-7(12)13;2*1-4-9(3)7(11)5-8(2)6-10;/h5H,3-4H2,1-2H3,(H,12,13);6H,4-5H2,1-3H3;4-5H2,1-3H3;/q;;-1;. The summed E-state index contributed by atoms with van der Waals surface area (Å²) in [7, 11) is 9.32. The third kappa shape index (κ3) is 21.2. The Hall–Kier alpha value is -4.71. The summed E-state index contributed by atoms with van der Waals surface area (Å²) in [5.41, 5.74) is 0. The quantitative estimate of drug-likeness (QED) is 0.124. The van der Waals surface area contributed by atoms with Crippen LogP contribution in [-0.4, -0.2) is 159 Å². The Morgan fingerprint density at radius 1 is 0.667 bits per heavy atom. The van der Waals surface area contributed by atoms with E-state index in [0.29, 0.717) is 25.9 Å². The molecule has 6 amide bonds. The average molecular weight is 761 g/mol. The van der Waals surface area contributed by atoms with Crippen LogP contribution < -0.4 is 0 Å². The molecule has 0 aromatic rings. The molecule has 0 aliphatic heterocycles. The van der Waals surface area contributed by atoms with Gasteiger partial charge in [0, 0.05) is 48.3 Å². The van der Waals surface area contributed by atoms with Crippen molar-refractivity contribution in [2.45, 2.75) is 13.8 Å². The molecule has 0 spiro atoms. The van der Waals surface area contributed by atoms with Crippen molar-refractivity contribution in [2.24, 2.45) is 0 Å². The van der Waals surface area contributed by atoms with Crippen molar-refractivity contribution in [1.82, 2.24) is 29.4 Å². The largest absolute Gasteiger partial charge is 0.520 e. The van der Waals surface area contributed by atoms with Crippen molar-refractivity contribution in [3.63, 3.8) is 0 Å². The number of carbonyl (C=O) groups is 6. The Balaban J connectivity index is -0.000000211. The molecule has 15 heteroatoms. The molecule has 0 saturated heterocycles. The number of nitrogens with zero attached hydrogens (tertiary/aromatic N) is 6. The SMILES string of the molecule is CCN(C)C(=O)CN(C)C=O.CCN(C)C(=O)CN(C)[C-]=O.CN(C=O)CC(=O)N(C)CC(=O)O.[Fm]. The number of carbonyl (C=O) groups excluding carboxylic acids is 6. The summed E-state index contributed by atoms with van der Waals surface area (Å²) in [6, 6.07) is 0. The van der Waals surface area contributed by atoms with Crippen molar-refractivity contribution in [2.75, 3.05) is 81.6 Å². The van der Waals surface area contributed by atoms with Gasteiger partial charge in [-0.1, -0.05) is 0 Å². The summed E-state index contributed by atoms with van der Waals surface area (Å²) in [6.45, 7) is 4.90. The van der Waals surface area contributed by atoms with Gasteiger partial charge in [0.15, 0.2) is 0 Å². The molecule has 214 valence electrons. The molecular formula is C21H39FmN6O8-. The van der Waals surface area contributed by atoms with Crippen molar-refractivity contribution in [3.8, 4) is 0 Å². The van der Waals surface area contributed by atoms with Crippen LogP contribution in [0.3, 0.4) is 0 Å². The van der Waals surface area contributed by atoms with Gasteiger partial charge in [-0.3, -0.25) is 28.8 Å². The van der Waals surface area contributed by atoms with Crippen molar-refractivity contribution >= 4 is 42.9 Å². The van der Waals surface area contributed by atoms with Gasteiger partial charge in [-0.05, 0) is 20.9 Å². The van der Waals surface area contributed by atoms with Crippen LogP contribution in [0.4, 0.5) is 0 Å². The van der Waals surface area contributed by atoms with E-state index in [9.17, 15) is 33.6 Å². The molecule has 0 saturated carbocycles. The van der Waals surface area contributed by atoms with Gasteiger partial charge in [-0.2, -0.15) is 6.41 Å². The zero-order valence-corrected chi connectivity index (χ0v) is 24.6. The predicted octanol–water partition coefficient (Wildman–Crippen LogP) is -2.37. The van der Waals surface area contributed by atoms with Crippen LogP contribution in [0.25, 0.3) is 0 Å². The van der Waals surface area contributed by atoms with Crippen molar-refractivity contribution in [1.29, 1.82) is 0 Å². The van der Waals surface area contributed by atoms with E-state index in [0.717, 1.165) is 9.80 Å². The summed E-state index contributed by atoms with van der Waals surface area (Å²) in [5, 5.41) is 8.35. The Morgan fingerprint density at radius 2 is 1.00 bits per heavy atom. The van der Waals surface area contributed by atoms with E-state index < -0.39 is 11.9 Å². The van der Waals surface area contributed by atoms with E-state index in [1.165, 1.54) is 30.9 Å². The number of likely N-dealkylation sites (N-methyl/N-ethyl adjacent to an activating group) is 6. The number of aliphatic carboxylic acids is 1. The van der Waals surface area contributed by atoms with Gasteiger partial charge >= 0.3 is 5.97 Å². The average Bonchev–Trinajstić information content (AvgIpc) is 2.82. The second kappa shape index (κ2) is 22.1. The molecular weight excluding hydrogens is 721 g/mol. The number of amides is 6. The van der Waals surface area contributed by atoms with Crippen LogP contribution >= 0.6 is 0 Å². The van der Waals surface area contributed by atoms with Gasteiger partial charge in [-0.15, -0.1) is 0 Å². The summed E-state index contributed by atoms with van der Waals surface area (Å²) in [4.78, 5) is 81.4. The second-order valence-corrected chi connectivity index (χ2v) is 7.45. The van der Waals surface area contributed by atoms with Crippen LogP contribution in [0, 0.1) is 0 Å². The normalized spacial score (nSPS) is 8.78. The monoisotopic (exact) mass is 760 g/mol. The Kier molecular flexibility index (Phi) is 23.7. The molecule has 0 aromatic heterocycles. The maximum atomic E-state index is 11.1. The number of rotatable bonds is 13. The first-order chi connectivity index (χ1) is 16.2. The smallest absolute Gasteiger partial charge is 0.323 e. The van der Waals surface area contributed by atoms with Gasteiger partial charge in [-0.25, -0.2) is 0 Å². The molecule has 0 aromatic carbocycles. The topological polar surface area (TPSA) is 159 Å². The molecule has 0 rings (SSSR count). The van der Waals surface area contributed by atoms with E-state index in [4.69, 9.17) is 5.11 Å². The summed E-state index contributed by atoms with van der Waals surface area (Å²) < 4.78 is 0. The molecule has 0 heterocycles. The van der Waals surface area contributed by atoms with Crippen LogP contribution in [0.5, 0.6) is 0 Å². The van der Waals surface area contributed by atoms with Crippen molar-refractivity contribution < 1.29 is 38.7 Å². The first-order valence-corrected chi connectivity index (χ1v) is 10.5. The van der Waals surface area contributed by atoms with Gasteiger partial charge in [0.2, 0.25) is 30.5 Å². The number of carboxylic acids is 1. The number of carboxylic acid groups (broad SMARTS) is 1. The fourth-order valence-corrected chi connectivity index (χ4v) is 1.74. The summed E-state index contributed by atoms with van der Waals surface area (Å²) in [5.74, 6) is -1.60. The zero-order valence-electron chi connectivity index (χ0n) is 22.2. The molecule has 0 atom stereocenters. The summed E-state index contributed by atoms with van der Waals surface area (Å²) >= 11 is 0. The third-order valence-electron chi connectivity index (χ3n) is 4.26. The molecule has 0 aliphatic carbocycles. The second-order valence-electron chi connectivity index (χ2n) is 7.45. The van der Waals surface area contributed by atoms with Gasteiger partial charge < -0.3 is 39.3 Å². The van der Waals surface area contributed by atoms with Gasteiger partial charge in [0.05, 0.1) is 19.6 Å². The van der Waals surface area contributed by atoms with Crippen LogP contribution in [0.2, 0.25) is 0 Å². The Labute approximate surface area is 207 Å². The maximum absolute atomic E-state index is 11.1. The minimum absolute atomic E-state index is 0. The fourth-order valence-electron chi connectivity index (χ4n) is 1.74. The first-order valence-electron chi connectivity index (χ1n) is 10.5. The Morgan fingerprint density at radius 3 is 1.28 bits per heavy atom. The summed E-state index contributed by atoms with van der Waals surface area (Å²) in [6.07, 6.45) is 2.76. The molecule has 1 N–H and O–H groups in total. The maximum Gasteiger partial charge on any atom is 0.323 e. The van der Waals surface area contributed by atoms with E-state index >= 15 is 0 Å². The molecule has 0 radical (unpaired) electrons. The molecule has 0 aliphatic rings. The molecule has 0 bridgehead atoms. The minimum Gasteiger partial charge on any atom is -0.520 e. The van der Waals surface area contributed by atoms with Crippen LogP contribution in [-0.2, 0) is 33.6 Å². The minimum atomic E-state index is -1.08. The van der Waals surface area contributed by atoms with E-state index in [2.05, 4.69) is 0 Å². The molecule has 36 heavy (non-hydrogen) atoms. The number of hydrogen-bond acceptors (Lipinski definition) is 7. The number of hydrogen-bond donors (Lipinski definition) is 1. The van der Waals surface area contributed by atoms with Gasteiger partial charge in [0.1, 0.15) is 6.54 Å². The Bertz CT molecular complexity index is 663. The molecule has 0 unspecified atom stereocenters. The van der Waals surface area contributed by atoms with Crippen molar-refractivity contribution in [3.05, 3.63) is 0 Å². The molecule has 0 fully saturated rings.